The number of ether oxygens (including phenoxy) is 1. The Morgan fingerprint density at radius 3 is 2.56 bits per heavy atom. The van der Waals surface area contributed by atoms with E-state index >= 15 is 0 Å². The summed E-state index contributed by atoms with van der Waals surface area (Å²) in [5.41, 5.74) is 1.13. The van der Waals surface area contributed by atoms with Gasteiger partial charge < -0.3 is 14.6 Å². The predicted molar refractivity (Wildman–Crippen MR) is 117 cm³/mol. The number of thioether (sulfide) groups is 1. The van der Waals surface area contributed by atoms with Gasteiger partial charge in [-0.2, -0.15) is 13.2 Å². The lowest BCUT2D eigenvalue weighted by molar-refractivity contribution is -0.137. The Hall–Kier alpha value is -3.01. The molecule has 3 aromatic rings. The fourth-order valence-corrected chi connectivity index (χ4v) is 3.78. The average Bonchev–Trinajstić information content (AvgIpc) is 3.14. The third-order valence-electron chi connectivity index (χ3n) is 4.79. The molecule has 0 unspecified atom stereocenters. The van der Waals surface area contributed by atoms with Gasteiger partial charge >= 0.3 is 6.18 Å². The van der Waals surface area contributed by atoms with Crippen molar-refractivity contribution in [3.63, 3.8) is 0 Å². The summed E-state index contributed by atoms with van der Waals surface area (Å²) in [6.45, 7) is 6.69. The molecule has 1 N–H and O–H groups in total. The molecule has 0 bridgehead atoms. The van der Waals surface area contributed by atoms with Crippen LogP contribution in [-0.2, 0) is 24.1 Å². The van der Waals surface area contributed by atoms with Gasteiger partial charge in [-0.1, -0.05) is 30.0 Å². The fraction of sp³-hybridized carbons (Fsp3) is 0.318. The molecule has 0 aliphatic rings. The van der Waals surface area contributed by atoms with Crippen LogP contribution in [0, 0.1) is 13.8 Å². The maximum atomic E-state index is 13.1. The molecule has 1 heterocycles. The summed E-state index contributed by atoms with van der Waals surface area (Å²) in [5.74, 6) is 0.638. The average molecular weight is 465 g/mol. The zero-order chi connectivity index (χ0) is 23.3. The minimum Gasteiger partial charge on any atom is -0.486 e. The Kier molecular flexibility index (Phi) is 7.44. The molecule has 6 nitrogen and oxygen atoms in total. The summed E-state index contributed by atoms with van der Waals surface area (Å²) in [6, 6.07) is 10.7. The van der Waals surface area contributed by atoms with Gasteiger partial charge in [0.1, 0.15) is 12.4 Å². The van der Waals surface area contributed by atoms with Crippen molar-refractivity contribution in [1.82, 2.24) is 14.8 Å². The molecule has 0 aliphatic carbocycles. The highest BCUT2D eigenvalue weighted by Crippen LogP contribution is 2.34. The van der Waals surface area contributed by atoms with Gasteiger partial charge in [0.2, 0.25) is 5.91 Å². The molecule has 0 atom stereocenters. The van der Waals surface area contributed by atoms with E-state index < -0.39 is 17.6 Å². The van der Waals surface area contributed by atoms with Crippen LogP contribution in [0.15, 0.2) is 47.6 Å². The topological polar surface area (TPSA) is 69.0 Å². The minimum absolute atomic E-state index is 0.109. The molecule has 0 spiro atoms. The molecule has 170 valence electrons. The van der Waals surface area contributed by atoms with E-state index in [4.69, 9.17) is 4.74 Å². The second-order valence-corrected chi connectivity index (χ2v) is 8.00. The van der Waals surface area contributed by atoms with Crippen molar-refractivity contribution in [3.8, 4) is 5.75 Å². The molecule has 0 saturated carbocycles. The molecule has 3 rings (SSSR count). The maximum Gasteiger partial charge on any atom is 0.418 e. The first-order valence-electron chi connectivity index (χ1n) is 9.90. The van der Waals surface area contributed by atoms with Crippen molar-refractivity contribution >= 4 is 23.4 Å². The van der Waals surface area contributed by atoms with Crippen LogP contribution in [0.25, 0.3) is 0 Å². The van der Waals surface area contributed by atoms with Gasteiger partial charge in [0.25, 0.3) is 0 Å². The third-order valence-corrected chi connectivity index (χ3v) is 5.76. The molecule has 1 aromatic heterocycles. The van der Waals surface area contributed by atoms with E-state index in [0.717, 1.165) is 29.1 Å². The van der Waals surface area contributed by atoms with Gasteiger partial charge in [0.15, 0.2) is 11.0 Å². The van der Waals surface area contributed by atoms with Crippen LogP contribution in [0.1, 0.15) is 29.4 Å². The highest BCUT2D eigenvalue weighted by Gasteiger charge is 2.33. The zero-order valence-corrected chi connectivity index (χ0v) is 18.7. The highest BCUT2D eigenvalue weighted by molar-refractivity contribution is 7.99. The first-order chi connectivity index (χ1) is 15.2. The number of alkyl halides is 3. The Balaban J connectivity index is 1.62. The van der Waals surface area contributed by atoms with Gasteiger partial charge in [0, 0.05) is 6.54 Å². The van der Waals surface area contributed by atoms with Crippen molar-refractivity contribution in [3.05, 3.63) is 65.0 Å². The summed E-state index contributed by atoms with van der Waals surface area (Å²) in [4.78, 5) is 12.3. The number of rotatable bonds is 8. The van der Waals surface area contributed by atoms with Crippen molar-refractivity contribution in [2.24, 2.45) is 0 Å². The lowest BCUT2D eigenvalue weighted by Crippen LogP contribution is -2.18. The molecule has 0 aliphatic heterocycles. The molecule has 10 heteroatoms. The van der Waals surface area contributed by atoms with Crippen molar-refractivity contribution in [2.45, 2.75) is 45.3 Å². The van der Waals surface area contributed by atoms with Crippen LogP contribution in [0.2, 0.25) is 0 Å². The molecule has 0 fully saturated rings. The van der Waals surface area contributed by atoms with Gasteiger partial charge in [-0.3, -0.25) is 4.79 Å². The van der Waals surface area contributed by atoms with E-state index in [2.05, 4.69) is 15.5 Å². The SMILES string of the molecule is CCn1c(COc2ccc(C)c(C)c2)nnc1SCC(=O)Nc1ccccc1C(F)(F)F. The van der Waals surface area contributed by atoms with E-state index in [-0.39, 0.29) is 18.0 Å². The van der Waals surface area contributed by atoms with Crippen LogP contribution in [0.4, 0.5) is 18.9 Å². The number of nitrogens with zero attached hydrogens (tertiary/aromatic N) is 3. The lowest BCUT2D eigenvalue weighted by atomic mass is 10.1. The lowest BCUT2D eigenvalue weighted by Gasteiger charge is -2.13. The Bertz CT molecular complexity index is 1100. The van der Waals surface area contributed by atoms with Gasteiger partial charge in [-0.15, -0.1) is 10.2 Å². The summed E-state index contributed by atoms with van der Waals surface area (Å²) < 4.78 is 46.9. The first kappa shape index (κ1) is 23.6. The zero-order valence-electron chi connectivity index (χ0n) is 17.9. The number of aryl methyl sites for hydroxylation is 2. The number of hydrogen-bond acceptors (Lipinski definition) is 5. The number of anilines is 1. The molecular formula is C22H23F3N4O2S. The molecule has 0 saturated heterocycles. The second kappa shape index (κ2) is 10.1. The van der Waals surface area contributed by atoms with Gasteiger partial charge in [-0.25, -0.2) is 0 Å². The number of nitrogens with one attached hydrogen (secondary N) is 1. The summed E-state index contributed by atoms with van der Waals surface area (Å²) in [6.07, 6.45) is -4.55. The summed E-state index contributed by atoms with van der Waals surface area (Å²) in [5, 5.41) is 11.1. The fourth-order valence-electron chi connectivity index (χ4n) is 2.96. The van der Waals surface area contributed by atoms with Crippen molar-refractivity contribution < 1.29 is 22.7 Å². The Morgan fingerprint density at radius 2 is 1.88 bits per heavy atom. The third kappa shape index (κ3) is 5.82. The first-order valence-corrected chi connectivity index (χ1v) is 10.9. The number of halogens is 3. The Labute approximate surface area is 188 Å². The second-order valence-electron chi connectivity index (χ2n) is 7.06. The monoisotopic (exact) mass is 464 g/mol. The van der Waals surface area contributed by atoms with Gasteiger partial charge in [-0.05, 0) is 56.2 Å². The normalized spacial score (nSPS) is 11.4. The maximum absolute atomic E-state index is 13.1. The molecule has 0 radical (unpaired) electrons. The number of benzene rings is 2. The minimum atomic E-state index is -4.55. The van der Waals surface area contributed by atoms with E-state index in [1.165, 1.54) is 23.8 Å². The van der Waals surface area contributed by atoms with E-state index in [1.54, 1.807) is 0 Å². The highest BCUT2D eigenvalue weighted by atomic mass is 32.2. The van der Waals surface area contributed by atoms with Crippen molar-refractivity contribution in [2.75, 3.05) is 11.1 Å². The van der Waals surface area contributed by atoms with E-state index in [9.17, 15) is 18.0 Å². The van der Waals surface area contributed by atoms with E-state index in [0.29, 0.717) is 17.5 Å². The number of carbonyl (C=O) groups excluding carboxylic acids is 1. The number of carbonyl (C=O) groups is 1. The molecule has 32 heavy (non-hydrogen) atoms. The van der Waals surface area contributed by atoms with Crippen LogP contribution in [0.5, 0.6) is 5.75 Å². The van der Waals surface area contributed by atoms with Crippen LogP contribution in [0.3, 0.4) is 0 Å². The smallest absolute Gasteiger partial charge is 0.418 e. The van der Waals surface area contributed by atoms with Crippen molar-refractivity contribution in [1.29, 1.82) is 0 Å². The van der Waals surface area contributed by atoms with Crippen LogP contribution < -0.4 is 10.1 Å². The standard InChI is InChI=1S/C22H23F3N4O2S/c1-4-29-19(12-31-16-10-9-14(2)15(3)11-16)27-28-21(29)32-13-20(30)26-18-8-6-5-7-17(18)22(23,24)25/h5-11H,4,12-13H2,1-3H3,(H,26,30). The van der Waals surface area contributed by atoms with E-state index in [1.807, 2.05) is 43.5 Å². The van der Waals surface area contributed by atoms with Crippen LogP contribution >= 0.6 is 11.8 Å². The van der Waals surface area contributed by atoms with Crippen LogP contribution in [-0.4, -0.2) is 26.4 Å². The molecular weight excluding hydrogens is 441 g/mol. The Morgan fingerprint density at radius 1 is 1.12 bits per heavy atom. The number of amides is 1. The quantitative estimate of drug-likeness (QED) is 0.462. The molecule has 2 aromatic carbocycles. The predicted octanol–water partition coefficient (Wildman–Crippen LogP) is 5.24. The largest absolute Gasteiger partial charge is 0.486 e. The number of para-hydroxylation sites is 1. The van der Waals surface area contributed by atoms with Gasteiger partial charge in [0.05, 0.1) is 17.0 Å². The summed E-state index contributed by atoms with van der Waals surface area (Å²) >= 11 is 1.10. The number of aromatic nitrogens is 3. The molecule has 1 amide bonds. The number of hydrogen-bond donors (Lipinski definition) is 1. The summed E-state index contributed by atoms with van der Waals surface area (Å²) in [7, 11) is 0.